The van der Waals surface area contributed by atoms with Gasteiger partial charge < -0.3 is 10.5 Å². The summed E-state index contributed by atoms with van der Waals surface area (Å²) in [6, 6.07) is 0. The number of hydrogen-bond donors (Lipinski definition) is 0. The van der Waals surface area contributed by atoms with Gasteiger partial charge in [0, 0.05) is 32.1 Å². The third-order valence-corrected chi connectivity index (χ3v) is 1.98. The Morgan fingerprint density at radius 3 is 2.00 bits per heavy atom. The van der Waals surface area contributed by atoms with E-state index < -0.39 is 0 Å². The molecule has 0 aromatic rings. The Morgan fingerprint density at radius 1 is 1.20 bits per heavy atom. The maximum atomic E-state index is 10.5. The van der Waals surface area contributed by atoms with E-state index in [4.69, 9.17) is 5.73 Å². The molecule has 0 spiro atoms. The van der Waals surface area contributed by atoms with Gasteiger partial charge in [0.1, 0.15) is 0 Å². The second kappa shape index (κ2) is 5.06. The van der Waals surface area contributed by atoms with Crippen LogP contribution in [0.25, 0.3) is 5.73 Å². The van der Waals surface area contributed by atoms with Crippen LogP contribution in [0.3, 0.4) is 0 Å². The number of hydrogen-bond acceptors (Lipinski definition) is 1. The van der Waals surface area contributed by atoms with Crippen LogP contribution in [-0.2, 0) is 31.0 Å². The summed E-state index contributed by atoms with van der Waals surface area (Å²) in [7, 11) is 0. The van der Waals surface area contributed by atoms with Gasteiger partial charge in [-0.3, -0.25) is 0 Å². The van der Waals surface area contributed by atoms with Crippen LogP contribution in [0.2, 0.25) is 0 Å². The van der Waals surface area contributed by atoms with E-state index in [1.54, 1.807) is 0 Å². The van der Waals surface area contributed by atoms with E-state index in [1.807, 2.05) is 0 Å². The molecular formula is C7H12NOZr-. The molecule has 1 rings (SSSR count). The minimum atomic E-state index is -0.352. The molecule has 1 aliphatic rings. The van der Waals surface area contributed by atoms with Gasteiger partial charge in [-0.05, 0) is 12.8 Å². The molecule has 2 nitrogen and oxygen atoms in total. The van der Waals surface area contributed by atoms with Crippen molar-refractivity contribution in [1.82, 2.24) is 0 Å². The Labute approximate surface area is 80.7 Å². The van der Waals surface area contributed by atoms with Crippen molar-refractivity contribution >= 4 is 5.91 Å². The molecule has 0 radical (unpaired) electrons. The molecule has 0 bridgehead atoms. The summed E-state index contributed by atoms with van der Waals surface area (Å²) in [5, 5.41) is 0. The van der Waals surface area contributed by atoms with Crippen LogP contribution < -0.4 is 0 Å². The monoisotopic (exact) mass is 216 g/mol. The Bertz CT molecular complexity index is 110. The van der Waals surface area contributed by atoms with Crippen molar-refractivity contribution in [2.24, 2.45) is 5.92 Å². The predicted molar refractivity (Wildman–Crippen MR) is 35.9 cm³/mol. The van der Waals surface area contributed by atoms with Gasteiger partial charge in [-0.2, -0.15) is 0 Å². The van der Waals surface area contributed by atoms with E-state index in [0.717, 1.165) is 25.7 Å². The number of amides is 1. The van der Waals surface area contributed by atoms with Crippen molar-refractivity contribution < 1.29 is 31.0 Å². The quantitative estimate of drug-likeness (QED) is 0.663. The van der Waals surface area contributed by atoms with Crippen molar-refractivity contribution in [3.05, 3.63) is 5.73 Å². The summed E-state index contributed by atoms with van der Waals surface area (Å²) in [6.07, 6.45) is 5.47. The van der Waals surface area contributed by atoms with E-state index >= 15 is 0 Å². The Kier molecular flexibility index (Phi) is 5.24. The van der Waals surface area contributed by atoms with Gasteiger partial charge in [-0.15, -0.1) is 0 Å². The summed E-state index contributed by atoms with van der Waals surface area (Å²) in [5.74, 6) is -0.270. The summed E-state index contributed by atoms with van der Waals surface area (Å²) < 4.78 is 0. The average molecular weight is 217 g/mol. The first kappa shape index (κ1) is 10.4. The van der Waals surface area contributed by atoms with Crippen LogP contribution >= 0.6 is 0 Å². The molecule has 3 heteroatoms. The molecule has 10 heavy (non-hydrogen) atoms. The first-order chi connectivity index (χ1) is 4.30. The molecule has 1 amide bonds. The molecule has 0 aliphatic heterocycles. The fourth-order valence-corrected chi connectivity index (χ4v) is 1.36. The van der Waals surface area contributed by atoms with Crippen molar-refractivity contribution in [3.8, 4) is 0 Å². The van der Waals surface area contributed by atoms with Crippen molar-refractivity contribution in [2.75, 3.05) is 0 Å². The molecule has 0 unspecified atom stereocenters. The molecule has 1 aliphatic carbocycles. The van der Waals surface area contributed by atoms with Crippen molar-refractivity contribution in [1.29, 1.82) is 0 Å². The average Bonchev–Trinajstić information content (AvgIpc) is 1.90. The number of carbonyl (C=O) groups is 1. The molecule has 0 atom stereocenters. The van der Waals surface area contributed by atoms with Crippen LogP contribution in [0.15, 0.2) is 0 Å². The second-order valence-electron chi connectivity index (χ2n) is 2.70. The molecule has 1 saturated carbocycles. The second-order valence-corrected chi connectivity index (χ2v) is 2.70. The molecule has 56 valence electrons. The van der Waals surface area contributed by atoms with Gasteiger partial charge in [-0.1, -0.05) is 19.3 Å². The van der Waals surface area contributed by atoms with Gasteiger partial charge >= 0.3 is 0 Å². The predicted octanol–water partition coefficient (Wildman–Crippen LogP) is 2.14. The minimum absolute atomic E-state index is 0. The number of carbonyl (C=O) groups excluding carboxylic acids is 1. The van der Waals surface area contributed by atoms with Crippen LogP contribution in [0.1, 0.15) is 32.1 Å². The van der Waals surface area contributed by atoms with E-state index in [-0.39, 0.29) is 38.0 Å². The van der Waals surface area contributed by atoms with Crippen LogP contribution in [0, 0.1) is 5.92 Å². The Hall–Kier alpha value is 0.353. The molecule has 0 aromatic heterocycles. The van der Waals surface area contributed by atoms with Crippen LogP contribution in [-0.4, -0.2) is 5.91 Å². The SMILES string of the molecule is [NH-]C(=O)C1CCCCC1.[Zr]. The van der Waals surface area contributed by atoms with Crippen LogP contribution in [0.5, 0.6) is 0 Å². The largest absolute Gasteiger partial charge is 0.668 e. The zero-order chi connectivity index (χ0) is 6.69. The topological polar surface area (TPSA) is 40.9 Å². The van der Waals surface area contributed by atoms with Crippen LogP contribution in [0.4, 0.5) is 0 Å². The maximum absolute atomic E-state index is 10.5. The fourth-order valence-electron chi connectivity index (χ4n) is 1.36. The van der Waals surface area contributed by atoms with Gasteiger partial charge in [0.25, 0.3) is 0 Å². The molecule has 0 saturated heterocycles. The normalized spacial score (nSPS) is 19.6. The Balaban J connectivity index is 0.000000810. The van der Waals surface area contributed by atoms with E-state index in [2.05, 4.69) is 0 Å². The standard InChI is InChI=1S/C7H13NO.Zr/c8-7(9)6-4-2-1-3-5-6;/h6H,1-5H2,(H2,8,9);/p-1. The first-order valence-corrected chi connectivity index (χ1v) is 3.56. The number of nitrogens with one attached hydrogen (secondary N) is 1. The van der Waals surface area contributed by atoms with Crippen molar-refractivity contribution in [2.45, 2.75) is 32.1 Å². The van der Waals surface area contributed by atoms with Crippen molar-refractivity contribution in [3.63, 3.8) is 0 Å². The first-order valence-electron chi connectivity index (χ1n) is 3.56. The molecule has 0 aromatic carbocycles. The van der Waals surface area contributed by atoms with Gasteiger partial charge in [0.2, 0.25) is 0 Å². The van der Waals surface area contributed by atoms with Gasteiger partial charge in [-0.25, -0.2) is 0 Å². The third-order valence-electron chi connectivity index (χ3n) is 1.98. The molecule has 1 fully saturated rings. The van der Waals surface area contributed by atoms with E-state index in [1.165, 1.54) is 6.42 Å². The third kappa shape index (κ3) is 2.96. The van der Waals surface area contributed by atoms with E-state index in [0.29, 0.717) is 0 Å². The maximum Gasteiger partial charge on any atom is 0.0519 e. The summed E-state index contributed by atoms with van der Waals surface area (Å²) in [6.45, 7) is 0. The fraction of sp³-hybridized carbons (Fsp3) is 0.857. The number of rotatable bonds is 1. The summed E-state index contributed by atoms with van der Waals surface area (Å²) in [5.41, 5.74) is 6.83. The summed E-state index contributed by atoms with van der Waals surface area (Å²) >= 11 is 0. The van der Waals surface area contributed by atoms with Gasteiger partial charge in [0.15, 0.2) is 0 Å². The molecule has 0 heterocycles. The zero-order valence-electron chi connectivity index (χ0n) is 6.02. The molecular weight excluding hydrogens is 205 g/mol. The van der Waals surface area contributed by atoms with E-state index in [9.17, 15) is 4.79 Å². The molecule has 1 N–H and O–H groups in total. The smallest absolute Gasteiger partial charge is 0.0519 e. The Morgan fingerprint density at radius 2 is 1.70 bits per heavy atom. The summed E-state index contributed by atoms with van der Waals surface area (Å²) in [4.78, 5) is 10.5. The van der Waals surface area contributed by atoms with Gasteiger partial charge in [0.05, 0.1) is 5.91 Å². The minimum Gasteiger partial charge on any atom is -0.668 e. The zero-order valence-corrected chi connectivity index (χ0v) is 8.48.